The zero-order chi connectivity index (χ0) is 28.0. The molecule has 3 aliphatic heterocycles. The molecule has 4 heterocycles. The zero-order valence-corrected chi connectivity index (χ0v) is 21.2. The summed E-state index contributed by atoms with van der Waals surface area (Å²) in [6, 6.07) is 11.7. The van der Waals surface area contributed by atoms with E-state index in [1.165, 1.54) is 0 Å². The molecule has 0 spiro atoms. The first kappa shape index (κ1) is 25.7. The van der Waals surface area contributed by atoms with Crippen LogP contribution in [0, 0.1) is 11.6 Å². The van der Waals surface area contributed by atoms with Crippen molar-refractivity contribution in [1.29, 1.82) is 0 Å². The molecule has 2 unspecified atom stereocenters. The Hall–Kier alpha value is -4.58. The minimum Gasteiger partial charge on any atom is -0.483 e. The van der Waals surface area contributed by atoms with E-state index in [1.54, 1.807) is 9.47 Å². The maximum absolute atomic E-state index is 14.0. The van der Waals surface area contributed by atoms with Crippen molar-refractivity contribution in [2.75, 3.05) is 13.1 Å². The van der Waals surface area contributed by atoms with Crippen LogP contribution in [0.1, 0.15) is 50.1 Å². The topological polar surface area (TPSA) is 122 Å². The number of hydrogen-bond acceptors (Lipinski definition) is 6. The lowest BCUT2D eigenvalue weighted by Gasteiger charge is -2.38. The molecule has 1 fully saturated rings. The highest BCUT2D eigenvalue weighted by Crippen LogP contribution is 2.40. The van der Waals surface area contributed by atoms with Crippen molar-refractivity contribution in [3.63, 3.8) is 0 Å². The molecule has 3 amide bonds. The number of halogens is 2. The summed E-state index contributed by atoms with van der Waals surface area (Å²) < 4.78 is 34.8. The van der Waals surface area contributed by atoms with Crippen molar-refractivity contribution in [1.82, 2.24) is 25.6 Å². The van der Waals surface area contributed by atoms with Gasteiger partial charge in [-0.2, -0.15) is 0 Å². The smallest absolute Gasteiger partial charge is 0.275 e. The third-order valence-electron chi connectivity index (χ3n) is 7.48. The van der Waals surface area contributed by atoms with E-state index in [1.807, 2.05) is 30.3 Å². The predicted molar refractivity (Wildman–Crippen MR) is 137 cm³/mol. The second-order valence-corrected chi connectivity index (χ2v) is 9.89. The fraction of sp³-hybridized carbons (Fsp3) is 0.286. The van der Waals surface area contributed by atoms with Crippen LogP contribution in [0.15, 0.2) is 53.3 Å². The SMILES string of the molecule is O=C(Cc1ccc(F)cc1F)NNC(=O)c1c2n3c(c(OCc4ccccc4)c1=O)C(=O)N1CCNC1C3CC2. The third kappa shape index (κ3) is 4.39. The standard InChI is InChI=1S/C28H25F2N5O5/c29-17-7-6-16(18(30)13-17)12-21(36)32-33-27(38)22-19-8-9-20-26-31-10-11-34(26)28(39)23(35(19)20)25(24(22)37)40-14-15-4-2-1-3-5-15/h1-7,13,20,26,31H,8-12,14H2,(H,32,36)(H,33,38). The Morgan fingerprint density at radius 1 is 1.07 bits per heavy atom. The summed E-state index contributed by atoms with van der Waals surface area (Å²) in [5.41, 5.74) is 4.64. The van der Waals surface area contributed by atoms with Crippen LogP contribution in [-0.4, -0.2) is 46.4 Å². The first-order valence-corrected chi connectivity index (χ1v) is 12.9. The van der Waals surface area contributed by atoms with E-state index < -0.39 is 35.3 Å². The molecule has 3 aliphatic rings. The summed E-state index contributed by atoms with van der Waals surface area (Å²) in [6.45, 7) is 1.10. The van der Waals surface area contributed by atoms with Gasteiger partial charge in [-0.05, 0) is 30.0 Å². The lowest BCUT2D eigenvalue weighted by Crippen LogP contribution is -2.52. The van der Waals surface area contributed by atoms with Crippen molar-refractivity contribution < 1.29 is 27.9 Å². The molecule has 0 aliphatic carbocycles. The quantitative estimate of drug-likeness (QED) is 0.402. The van der Waals surface area contributed by atoms with Crippen LogP contribution in [0.5, 0.6) is 5.75 Å². The summed E-state index contributed by atoms with van der Waals surface area (Å²) >= 11 is 0. The lowest BCUT2D eigenvalue weighted by atomic mass is 10.1. The van der Waals surface area contributed by atoms with E-state index in [-0.39, 0.29) is 47.3 Å². The summed E-state index contributed by atoms with van der Waals surface area (Å²) in [5, 5.41) is 3.33. The second-order valence-electron chi connectivity index (χ2n) is 9.89. The number of nitrogens with one attached hydrogen (secondary N) is 3. The van der Waals surface area contributed by atoms with Gasteiger partial charge in [-0.25, -0.2) is 8.78 Å². The summed E-state index contributed by atoms with van der Waals surface area (Å²) in [5.74, 6) is -3.90. The first-order chi connectivity index (χ1) is 19.3. The van der Waals surface area contributed by atoms with Crippen LogP contribution in [0.3, 0.4) is 0 Å². The summed E-state index contributed by atoms with van der Waals surface area (Å²) in [6.07, 6.45) is 0.218. The number of fused-ring (bicyclic) bond motifs is 2. The number of hydrazine groups is 1. The molecule has 0 saturated carbocycles. The molecule has 12 heteroatoms. The minimum absolute atomic E-state index is 0.00306. The minimum atomic E-state index is -0.895. The normalized spacial score (nSPS) is 18.8. The van der Waals surface area contributed by atoms with Gasteiger partial charge in [0.1, 0.15) is 30.0 Å². The average Bonchev–Trinajstić information content (AvgIpc) is 3.60. The number of nitrogens with zero attached hydrogens (tertiary/aromatic N) is 2. The van der Waals surface area contributed by atoms with Gasteiger partial charge in [-0.1, -0.05) is 36.4 Å². The van der Waals surface area contributed by atoms with Gasteiger partial charge in [0.2, 0.25) is 11.3 Å². The maximum Gasteiger partial charge on any atom is 0.275 e. The molecule has 3 N–H and O–H groups in total. The Morgan fingerprint density at radius 3 is 2.65 bits per heavy atom. The van der Waals surface area contributed by atoms with Crippen molar-refractivity contribution >= 4 is 17.7 Å². The molecule has 1 aromatic heterocycles. The number of benzene rings is 2. The monoisotopic (exact) mass is 549 g/mol. The Bertz CT molecular complexity index is 1590. The molecule has 0 bridgehead atoms. The van der Waals surface area contributed by atoms with E-state index in [0.717, 1.165) is 17.7 Å². The van der Waals surface area contributed by atoms with Crippen LogP contribution >= 0.6 is 0 Å². The van der Waals surface area contributed by atoms with Gasteiger partial charge in [0, 0.05) is 24.8 Å². The molecule has 206 valence electrons. The third-order valence-corrected chi connectivity index (χ3v) is 7.48. The van der Waals surface area contributed by atoms with Gasteiger partial charge in [0.15, 0.2) is 11.4 Å². The van der Waals surface area contributed by atoms with Gasteiger partial charge in [0.05, 0.1) is 12.5 Å². The van der Waals surface area contributed by atoms with E-state index in [2.05, 4.69) is 16.2 Å². The maximum atomic E-state index is 14.0. The lowest BCUT2D eigenvalue weighted by molar-refractivity contribution is -0.121. The van der Waals surface area contributed by atoms with Crippen LogP contribution in [-0.2, 0) is 24.2 Å². The molecule has 1 saturated heterocycles. The molecular formula is C28H25F2N5O5. The molecule has 0 radical (unpaired) electrons. The zero-order valence-electron chi connectivity index (χ0n) is 21.2. The van der Waals surface area contributed by atoms with Gasteiger partial charge >= 0.3 is 0 Å². The second kappa shape index (κ2) is 10.2. The van der Waals surface area contributed by atoms with Crippen molar-refractivity contribution in [2.24, 2.45) is 0 Å². The highest BCUT2D eigenvalue weighted by molar-refractivity contribution is 6.01. The largest absolute Gasteiger partial charge is 0.483 e. The van der Waals surface area contributed by atoms with E-state index in [4.69, 9.17) is 4.74 Å². The van der Waals surface area contributed by atoms with E-state index >= 15 is 0 Å². The highest BCUT2D eigenvalue weighted by atomic mass is 19.1. The fourth-order valence-corrected chi connectivity index (χ4v) is 5.70. The Morgan fingerprint density at radius 2 is 1.88 bits per heavy atom. The van der Waals surface area contributed by atoms with Gasteiger partial charge in [-0.3, -0.25) is 35.3 Å². The van der Waals surface area contributed by atoms with E-state index in [0.29, 0.717) is 37.7 Å². The first-order valence-electron chi connectivity index (χ1n) is 12.9. The number of carbonyl (C=O) groups excluding carboxylic acids is 3. The van der Waals surface area contributed by atoms with Crippen LogP contribution in [0.2, 0.25) is 0 Å². The fourth-order valence-electron chi connectivity index (χ4n) is 5.70. The molecular weight excluding hydrogens is 524 g/mol. The summed E-state index contributed by atoms with van der Waals surface area (Å²) in [4.78, 5) is 54.8. The van der Waals surface area contributed by atoms with Crippen molar-refractivity contribution in [3.05, 3.63) is 98.5 Å². The number of aromatic nitrogens is 1. The molecule has 2 atom stereocenters. The Kier molecular flexibility index (Phi) is 6.54. The molecule has 40 heavy (non-hydrogen) atoms. The van der Waals surface area contributed by atoms with Crippen molar-refractivity contribution in [2.45, 2.75) is 38.1 Å². The van der Waals surface area contributed by atoms with Crippen LogP contribution < -0.4 is 26.3 Å². The molecule has 10 nitrogen and oxygen atoms in total. The van der Waals surface area contributed by atoms with Gasteiger partial charge < -0.3 is 14.2 Å². The van der Waals surface area contributed by atoms with E-state index in [9.17, 15) is 28.0 Å². The molecule has 2 aromatic carbocycles. The van der Waals surface area contributed by atoms with Gasteiger partial charge in [0.25, 0.3) is 11.8 Å². The molecule has 3 aromatic rings. The van der Waals surface area contributed by atoms with Crippen molar-refractivity contribution in [3.8, 4) is 5.75 Å². The number of rotatable bonds is 6. The number of amides is 3. The Balaban J connectivity index is 1.32. The molecule has 6 rings (SSSR count). The van der Waals surface area contributed by atoms with Crippen LogP contribution in [0.4, 0.5) is 8.78 Å². The number of carbonyl (C=O) groups is 3. The average molecular weight is 550 g/mol. The summed E-state index contributed by atoms with van der Waals surface area (Å²) in [7, 11) is 0. The van der Waals surface area contributed by atoms with Crippen LogP contribution in [0.25, 0.3) is 0 Å². The highest BCUT2D eigenvalue weighted by Gasteiger charge is 2.48. The number of hydrogen-bond donors (Lipinski definition) is 3. The number of ether oxygens (including phenoxy) is 1. The predicted octanol–water partition coefficient (Wildman–Crippen LogP) is 1.58. The number of pyridine rings is 1. The Labute approximate surface area is 226 Å². The van der Waals surface area contributed by atoms with Gasteiger partial charge in [-0.15, -0.1) is 0 Å².